The summed E-state index contributed by atoms with van der Waals surface area (Å²) in [6.45, 7) is 0. The van der Waals surface area contributed by atoms with Crippen molar-refractivity contribution < 1.29 is 23.8 Å². The number of ether oxygens (including phenoxy) is 2. The summed E-state index contributed by atoms with van der Waals surface area (Å²) in [6.07, 6.45) is 0. The molecule has 1 aromatic heterocycles. The first kappa shape index (κ1) is 28.7. The van der Waals surface area contributed by atoms with Crippen LogP contribution in [0.5, 0.6) is 11.5 Å². The van der Waals surface area contributed by atoms with Gasteiger partial charge in [-0.25, -0.2) is 0 Å². The number of primary amides is 1. The zero-order valence-corrected chi connectivity index (χ0v) is 24.9. The van der Waals surface area contributed by atoms with Gasteiger partial charge in [-0.05, 0) is 34.9 Å². The fourth-order valence-corrected chi connectivity index (χ4v) is 6.28. The lowest BCUT2D eigenvalue weighted by atomic mass is 9.74. The maximum Gasteiger partial charge on any atom is 0.230 e. The van der Waals surface area contributed by atoms with Gasteiger partial charge in [-0.1, -0.05) is 103 Å². The number of benzene rings is 5. The van der Waals surface area contributed by atoms with Gasteiger partial charge in [0.1, 0.15) is 34.5 Å². The van der Waals surface area contributed by atoms with Crippen molar-refractivity contribution in [3.05, 3.63) is 144 Å². The molecule has 6 aromatic rings. The molecule has 1 aliphatic rings. The predicted octanol–water partition coefficient (Wildman–Crippen LogP) is 8.24. The first-order valence-corrected chi connectivity index (χ1v) is 14.8. The van der Waals surface area contributed by atoms with Gasteiger partial charge in [0.25, 0.3) is 0 Å². The number of hydrogen-bond acceptors (Lipinski definition) is 6. The summed E-state index contributed by atoms with van der Waals surface area (Å²) < 4.78 is 18.0. The molecule has 0 spiro atoms. The van der Waals surface area contributed by atoms with Gasteiger partial charge in [-0.2, -0.15) is 0 Å². The molecule has 4 N–H and O–H groups in total. The van der Waals surface area contributed by atoms with Crippen LogP contribution in [-0.2, 0) is 9.53 Å². The maximum atomic E-state index is 13.0. The molecule has 5 aromatic carbocycles. The van der Waals surface area contributed by atoms with Crippen molar-refractivity contribution >= 4 is 34.1 Å². The van der Waals surface area contributed by atoms with Crippen LogP contribution in [0, 0.1) is 11.3 Å². The lowest BCUT2D eigenvalue weighted by Crippen LogP contribution is -2.39. The number of phenols is 1. The molecule has 0 bridgehead atoms. The molecule has 7 nitrogen and oxygen atoms in total. The Morgan fingerprint density at radius 3 is 1.98 bits per heavy atom. The van der Waals surface area contributed by atoms with Crippen molar-refractivity contribution in [2.45, 2.75) is 5.92 Å². The molecule has 0 aliphatic carbocycles. The normalized spacial score (nSPS) is 16.3. The van der Waals surface area contributed by atoms with Crippen molar-refractivity contribution in [3.8, 4) is 33.9 Å². The number of carbonyl (C=O) groups excluding carboxylic acids is 1. The minimum atomic E-state index is -1.09. The number of rotatable bonds is 7. The smallest absolute Gasteiger partial charge is 0.230 e. The van der Waals surface area contributed by atoms with Gasteiger partial charge < -0.3 is 24.7 Å². The van der Waals surface area contributed by atoms with Gasteiger partial charge in [-0.15, -0.1) is 0 Å². The van der Waals surface area contributed by atoms with Gasteiger partial charge in [0.2, 0.25) is 11.8 Å². The van der Waals surface area contributed by atoms with E-state index in [-0.39, 0.29) is 17.4 Å². The van der Waals surface area contributed by atoms with Crippen LogP contribution in [0.25, 0.3) is 44.8 Å². The summed E-state index contributed by atoms with van der Waals surface area (Å²) in [5, 5.41) is 21.3. The highest BCUT2D eigenvalue weighted by Crippen LogP contribution is 2.50. The van der Waals surface area contributed by atoms with E-state index in [0.717, 1.165) is 33.2 Å². The van der Waals surface area contributed by atoms with E-state index in [0.29, 0.717) is 28.2 Å². The van der Waals surface area contributed by atoms with Crippen LogP contribution in [0.1, 0.15) is 22.6 Å². The first-order valence-electron chi connectivity index (χ1n) is 14.8. The average Bonchev–Trinajstić information content (AvgIpc) is 3.46. The van der Waals surface area contributed by atoms with Crippen LogP contribution in [0.2, 0.25) is 0 Å². The zero-order valence-electron chi connectivity index (χ0n) is 24.9. The van der Waals surface area contributed by atoms with Gasteiger partial charge in [0.15, 0.2) is 0 Å². The number of nitrogens with two attached hydrogens (primary N) is 1. The molecule has 1 aliphatic heterocycles. The number of fused-ring (bicyclic) bond motifs is 1. The number of aromatic hydroxyl groups is 1. The molecule has 7 heteroatoms. The fourth-order valence-electron chi connectivity index (χ4n) is 6.28. The quantitative estimate of drug-likeness (QED) is 0.169. The third-order valence-electron chi connectivity index (χ3n) is 8.40. The van der Waals surface area contributed by atoms with Gasteiger partial charge in [0, 0.05) is 34.1 Å². The van der Waals surface area contributed by atoms with Crippen LogP contribution >= 0.6 is 0 Å². The summed E-state index contributed by atoms with van der Waals surface area (Å²) >= 11 is 0. The third kappa shape index (κ3) is 4.98. The summed E-state index contributed by atoms with van der Waals surface area (Å²) in [4.78, 5) is 13.0. The Morgan fingerprint density at radius 1 is 0.804 bits per heavy atom. The second-order valence-corrected chi connectivity index (χ2v) is 11.1. The number of amides is 1. The van der Waals surface area contributed by atoms with E-state index in [1.807, 2.05) is 109 Å². The number of carbonyl (C=O) groups is 1. The molecule has 7 rings (SSSR count). The number of methoxy groups -OCH3 is 1. The Bertz CT molecular complexity index is 2100. The molecule has 0 saturated heterocycles. The topological polar surface area (TPSA) is 119 Å². The molecular formula is C39H30N2O5. The van der Waals surface area contributed by atoms with Crippen molar-refractivity contribution in [2.24, 2.45) is 11.7 Å². The molecule has 0 radical (unpaired) electrons. The Hall–Kier alpha value is -6.08. The van der Waals surface area contributed by atoms with Gasteiger partial charge in [0.05, 0.1) is 12.7 Å². The fraction of sp³-hybridized carbons (Fsp3) is 0.0769. The van der Waals surface area contributed by atoms with Crippen molar-refractivity contribution in [1.29, 1.82) is 5.41 Å². The van der Waals surface area contributed by atoms with Crippen molar-refractivity contribution in [3.63, 3.8) is 0 Å². The Labute approximate surface area is 265 Å². The zero-order chi connectivity index (χ0) is 31.8. The van der Waals surface area contributed by atoms with Crippen LogP contribution in [-0.4, -0.2) is 24.0 Å². The second kappa shape index (κ2) is 11.8. The molecule has 0 saturated carbocycles. The molecule has 226 valence electrons. The first-order chi connectivity index (χ1) is 22.4. The summed E-state index contributed by atoms with van der Waals surface area (Å²) in [6, 6.07) is 40.0. The molecule has 1 amide bonds. The number of nitrogens with one attached hydrogen (secondary N) is 1. The minimum Gasteiger partial charge on any atom is -0.507 e. The van der Waals surface area contributed by atoms with Crippen LogP contribution < -0.4 is 10.5 Å². The lowest BCUT2D eigenvalue weighted by Gasteiger charge is -2.35. The monoisotopic (exact) mass is 606 g/mol. The van der Waals surface area contributed by atoms with Crippen LogP contribution in [0.15, 0.2) is 132 Å². The molecule has 2 unspecified atom stereocenters. The minimum absolute atomic E-state index is 0.0947. The molecule has 2 heterocycles. The molecule has 0 fully saturated rings. The molecule has 2 atom stereocenters. The molecule has 46 heavy (non-hydrogen) atoms. The Morgan fingerprint density at radius 2 is 1.39 bits per heavy atom. The number of phenolic OH excluding ortho intramolecular Hbond substituents is 1. The Balaban J connectivity index is 1.54. The highest BCUT2D eigenvalue weighted by Gasteiger charge is 2.43. The van der Waals surface area contributed by atoms with E-state index in [2.05, 4.69) is 0 Å². The summed E-state index contributed by atoms with van der Waals surface area (Å²) in [7, 11) is 1.58. The lowest BCUT2D eigenvalue weighted by molar-refractivity contribution is -0.120. The summed E-state index contributed by atoms with van der Waals surface area (Å²) in [5.74, 6) is -1.28. The highest BCUT2D eigenvalue weighted by atomic mass is 16.5. The number of allylic oxidation sites excluding steroid dienone is 1. The second-order valence-electron chi connectivity index (χ2n) is 11.1. The van der Waals surface area contributed by atoms with Gasteiger partial charge >= 0.3 is 0 Å². The van der Waals surface area contributed by atoms with Crippen LogP contribution in [0.4, 0.5) is 0 Å². The Kier molecular flexibility index (Phi) is 7.35. The summed E-state index contributed by atoms with van der Waals surface area (Å²) in [5.41, 5.74) is 11.6. The maximum absolute atomic E-state index is 13.0. The largest absolute Gasteiger partial charge is 0.507 e. The van der Waals surface area contributed by atoms with E-state index in [1.54, 1.807) is 25.3 Å². The van der Waals surface area contributed by atoms with E-state index in [9.17, 15) is 9.90 Å². The van der Waals surface area contributed by atoms with E-state index >= 15 is 0 Å². The number of hydrogen-bond donors (Lipinski definition) is 3. The van der Waals surface area contributed by atoms with Crippen LogP contribution in [0.3, 0.4) is 0 Å². The van der Waals surface area contributed by atoms with Crippen molar-refractivity contribution in [1.82, 2.24) is 0 Å². The molecular weight excluding hydrogens is 576 g/mol. The predicted molar refractivity (Wildman–Crippen MR) is 179 cm³/mol. The van der Waals surface area contributed by atoms with Crippen molar-refractivity contribution in [2.75, 3.05) is 7.11 Å². The highest BCUT2D eigenvalue weighted by molar-refractivity contribution is 6.11. The van der Waals surface area contributed by atoms with E-state index < -0.39 is 17.7 Å². The SMILES string of the molecule is COc1ccc(C2C(c3ccccc3)=C(c3cc4c(-c5ccccc5)c(-c5ccccc5)oc4cc3O)OC(=N)C2C(N)=O)cc1. The van der Waals surface area contributed by atoms with E-state index in [4.69, 9.17) is 25.0 Å². The average molecular weight is 607 g/mol. The van der Waals surface area contributed by atoms with Gasteiger partial charge in [-0.3, -0.25) is 10.2 Å². The van der Waals surface area contributed by atoms with E-state index in [1.165, 1.54) is 0 Å². The standard InChI is InChI=1S/C39H30N2O5/c1-44-27-19-17-25(18-20-27)33-34(24-13-7-3-8-14-24)37(46-39(41)35(33)38(40)43)28-21-29-31(22-30(28)42)45-36(26-15-9-4-10-16-26)32(29)23-11-5-2-6-12-23/h2-22,33,35,41-42H,1H3,(H2,40,43). The number of furan rings is 1. The third-order valence-corrected chi connectivity index (χ3v) is 8.40.